The normalized spacial score (nSPS) is 11.4. The van der Waals surface area contributed by atoms with Crippen molar-refractivity contribution < 1.29 is 13.2 Å². The summed E-state index contributed by atoms with van der Waals surface area (Å²) in [7, 11) is 0. The van der Waals surface area contributed by atoms with E-state index in [-0.39, 0.29) is 10.7 Å². The molecule has 0 aliphatic heterocycles. The zero-order valence-electron chi connectivity index (χ0n) is 13.1. The molecule has 0 spiro atoms. The molecule has 1 aromatic heterocycles. The van der Waals surface area contributed by atoms with Crippen LogP contribution >= 0.6 is 11.6 Å². The third-order valence-electron chi connectivity index (χ3n) is 3.26. The number of aromatic nitrogens is 2. The maximum Gasteiger partial charge on any atom is 0.417 e. The third-order valence-corrected chi connectivity index (χ3v) is 3.59. The molecular weight excluding hydrogens is 341 g/mol. The molecule has 0 atom stereocenters. The van der Waals surface area contributed by atoms with E-state index in [1.807, 2.05) is 0 Å². The summed E-state index contributed by atoms with van der Waals surface area (Å²) >= 11 is 5.61. The van der Waals surface area contributed by atoms with Crippen LogP contribution in [0.25, 0.3) is 0 Å². The zero-order chi connectivity index (χ0) is 17.6. The number of benzene rings is 1. The number of nitrogens with zero attached hydrogens (tertiary/aromatic N) is 2. The minimum absolute atomic E-state index is 0.252. The van der Waals surface area contributed by atoms with Crippen LogP contribution in [0.15, 0.2) is 30.5 Å². The lowest BCUT2D eigenvalue weighted by Crippen LogP contribution is -2.08. The molecule has 4 nitrogen and oxygen atoms in total. The minimum atomic E-state index is -4.51. The van der Waals surface area contributed by atoms with Crippen LogP contribution in [0.1, 0.15) is 31.7 Å². The lowest BCUT2D eigenvalue weighted by molar-refractivity contribution is -0.137. The van der Waals surface area contributed by atoms with E-state index in [1.54, 1.807) is 6.07 Å². The maximum atomic E-state index is 12.9. The highest BCUT2D eigenvalue weighted by Crippen LogP contribution is 2.36. The van der Waals surface area contributed by atoms with Crippen molar-refractivity contribution >= 4 is 29.1 Å². The molecule has 0 fully saturated rings. The van der Waals surface area contributed by atoms with Crippen LogP contribution in [0.3, 0.4) is 0 Å². The number of unbranched alkanes of at least 4 members (excludes halogenated alkanes) is 2. The van der Waals surface area contributed by atoms with Crippen LogP contribution < -0.4 is 10.6 Å². The van der Waals surface area contributed by atoms with E-state index in [9.17, 15) is 13.2 Å². The van der Waals surface area contributed by atoms with Crippen molar-refractivity contribution in [1.82, 2.24) is 9.97 Å². The highest BCUT2D eigenvalue weighted by molar-refractivity contribution is 6.31. The van der Waals surface area contributed by atoms with Crippen molar-refractivity contribution in [2.75, 3.05) is 17.2 Å². The van der Waals surface area contributed by atoms with Crippen LogP contribution in [0.4, 0.5) is 30.6 Å². The van der Waals surface area contributed by atoms with Crippen molar-refractivity contribution in [3.63, 3.8) is 0 Å². The van der Waals surface area contributed by atoms with Crippen molar-refractivity contribution in [3.8, 4) is 0 Å². The van der Waals surface area contributed by atoms with Gasteiger partial charge in [0.1, 0.15) is 5.82 Å². The Bertz CT molecular complexity index is 677. The minimum Gasteiger partial charge on any atom is -0.354 e. The average Bonchev–Trinajstić information content (AvgIpc) is 2.53. The smallest absolute Gasteiger partial charge is 0.354 e. The molecule has 1 heterocycles. The highest BCUT2D eigenvalue weighted by atomic mass is 35.5. The van der Waals surface area contributed by atoms with Gasteiger partial charge < -0.3 is 10.6 Å². The fraction of sp³-hybridized carbons (Fsp3) is 0.375. The second kappa shape index (κ2) is 8.19. The lowest BCUT2D eigenvalue weighted by Gasteiger charge is -2.12. The molecule has 0 saturated heterocycles. The SMILES string of the molecule is CCCCCNc1nccc(Nc2ccc(Cl)c(C(F)(F)F)c2)n1. The van der Waals surface area contributed by atoms with Gasteiger partial charge in [-0.25, -0.2) is 4.98 Å². The largest absolute Gasteiger partial charge is 0.417 e. The number of nitrogens with one attached hydrogen (secondary N) is 2. The number of halogens is 4. The first kappa shape index (κ1) is 18.3. The van der Waals surface area contributed by atoms with E-state index in [2.05, 4.69) is 27.5 Å². The van der Waals surface area contributed by atoms with Gasteiger partial charge in [0.25, 0.3) is 0 Å². The van der Waals surface area contributed by atoms with Gasteiger partial charge in [-0.15, -0.1) is 0 Å². The summed E-state index contributed by atoms with van der Waals surface area (Å²) in [6.45, 7) is 2.86. The molecule has 0 aliphatic rings. The molecule has 0 saturated carbocycles. The van der Waals surface area contributed by atoms with E-state index < -0.39 is 11.7 Å². The van der Waals surface area contributed by atoms with E-state index in [0.717, 1.165) is 31.9 Å². The van der Waals surface area contributed by atoms with Gasteiger partial charge in [0.15, 0.2) is 0 Å². The number of hydrogen-bond acceptors (Lipinski definition) is 4. The molecule has 8 heteroatoms. The molecule has 0 bridgehead atoms. The molecule has 0 radical (unpaired) electrons. The Morgan fingerprint density at radius 2 is 1.96 bits per heavy atom. The maximum absolute atomic E-state index is 12.9. The van der Waals surface area contributed by atoms with Crippen LogP contribution in [0, 0.1) is 0 Å². The Hall–Kier alpha value is -2.02. The fourth-order valence-electron chi connectivity index (χ4n) is 2.06. The summed E-state index contributed by atoms with van der Waals surface area (Å²) in [5.74, 6) is 0.833. The molecule has 1 aromatic carbocycles. The lowest BCUT2D eigenvalue weighted by atomic mass is 10.2. The number of hydrogen-bond donors (Lipinski definition) is 2. The molecule has 2 rings (SSSR count). The van der Waals surface area contributed by atoms with Crippen molar-refractivity contribution in [3.05, 3.63) is 41.0 Å². The van der Waals surface area contributed by atoms with Crippen LogP contribution in [-0.2, 0) is 6.18 Å². The highest BCUT2D eigenvalue weighted by Gasteiger charge is 2.33. The second-order valence-electron chi connectivity index (χ2n) is 5.22. The van der Waals surface area contributed by atoms with Crippen molar-refractivity contribution in [2.45, 2.75) is 32.4 Å². The summed E-state index contributed by atoms with van der Waals surface area (Å²) in [6.07, 6.45) is 0.256. The van der Waals surface area contributed by atoms with E-state index in [4.69, 9.17) is 11.6 Å². The van der Waals surface area contributed by atoms with Gasteiger partial charge in [-0.1, -0.05) is 31.4 Å². The van der Waals surface area contributed by atoms with Gasteiger partial charge in [0.05, 0.1) is 10.6 Å². The van der Waals surface area contributed by atoms with Crippen LogP contribution in [-0.4, -0.2) is 16.5 Å². The predicted molar refractivity (Wildman–Crippen MR) is 89.8 cm³/mol. The molecule has 0 aliphatic carbocycles. The van der Waals surface area contributed by atoms with E-state index >= 15 is 0 Å². The van der Waals surface area contributed by atoms with Gasteiger partial charge in [-0.3, -0.25) is 0 Å². The Morgan fingerprint density at radius 3 is 2.67 bits per heavy atom. The first-order valence-corrected chi connectivity index (χ1v) is 7.98. The summed E-state index contributed by atoms with van der Waals surface area (Å²) in [5, 5.41) is 5.58. The van der Waals surface area contributed by atoms with Gasteiger partial charge in [0.2, 0.25) is 5.95 Å². The first-order chi connectivity index (χ1) is 11.4. The molecule has 130 valence electrons. The molecule has 0 amide bonds. The molecule has 2 aromatic rings. The van der Waals surface area contributed by atoms with Crippen molar-refractivity contribution in [2.24, 2.45) is 0 Å². The van der Waals surface area contributed by atoms with Crippen molar-refractivity contribution in [1.29, 1.82) is 0 Å². The summed E-state index contributed by atoms with van der Waals surface area (Å²) in [6, 6.07) is 5.21. The first-order valence-electron chi connectivity index (χ1n) is 7.61. The molecule has 24 heavy (non-hydrogen) atoms. The van der Waals surface area contributed by atoms with Gasteiger partial charge in [-0.05, 0) is 30.7 Å². The van der Waals surface area contributed by atoms with Gasteiger partial charge >= 0.3 is 6.18 Å². The Balaban J connectivity index is 2.08. The van der Waals surface area contributed by atoms with E-state index in [0.29, 0.717) is 11.8 Å². The number of rotatable bonds is 7. The Labute approximate surface area is 143 Å². The summed E-state index contributed by atoms with van der Waals surface area (Å²) in [5.41, 5.74) is -0.636. The Kier molecular flexibility index (Phi) is 6.25. The second-order valence-corrected chi connectivity index (χ2v) is 5.62. The summed E-state index contributed by atoms with van der Waals surface area (Å²) < 4.78 is 38.7. The molecule has 0 unspecified atom stereocenters. The van der Waals surface area contributed by atoms with Crippen LogP contribution in [0.2, 0.25) is 5.02 Å². The standard InChI is InChI=1S/C16H18ClF3N4/c1-2-3-4-8-21-15-22-9-7-14(24-15)23-11-5-6-13(17)12(10-11)16(18,19)20/h5-7,9-10H,2-4,8H2,1H3,(H2,21,22,23,24). The quantitative estimate of drug-likeness (QED) is 0.642. The monoisotopic (exact) mass is 358 g/mol. The topological polar surface area (TPSA) is 49.8 Å². The molecule has 2 N–H and O–H groups in total. The van der Waals surface area contributed by atoms with E-state index in [1.165, 1.54) is 18.3 Å². The predicted octanol–water partition coefficient (Wildman–Crippen LogP) is 5.49. The van der Waals surface area contributed by atoms with Crippen LogP contribution in [0.5, 0.6) is 0 Å². The Morgan fingerprint density at radius 1 is 1.17 bits per heavy atom. The van der Waals surface area contributed by atoms with Gasteiger partial charge in [0, 0.05) is 18.4 Å². The number of anilines is 3. The van der Waals surface area contributed by atoms with Gasteiger partial charge in [-0.2, -0.15) is 18.2 Å². The molecular formula is C16H18ClF3N4. The fourth-order valence-corrected chi connectivity index (χ4v) is 2.28. The zero-order valence-corrected chi connectivity index (χ0v) is 13.9. The number of alkyl halides is 3. The average molecular weight is 359 g/mol. The summed E-state index contributed by atoms with van der Waals surface area (Å²) in [4.78, 5) is 8.32. The third kappa shape index (κ3) is 5.26.